The summed E-state index contributed by atoms with van der Waals surface area (Å²) in [7, 11) is 0. The van der Waals surface area contributed by atoms with Gasteiger partial charge >= 0.3 is 5.97 Å². The highest BCUT2D eigenvalue weighted by Crippen LogP contribution is 2.30. The van der Waals surface area contributed by atoms with Gasteiger partial charge in [0, 0.05) is 18.3 Å². The number of hydrogen-bond donors (Lipinski definition) is 2. The van der Waals surface area contributed by atoms with Gasteiger partial charge in [0.25, 0.3) is 0 Å². The molecule has 1 aliphatic rings. The van der Waals surface area contributed by atoms with E-state index in [4.69, 9.17) is 5.11 Å². The summed E-state index contributed by atoms with van der Waals surface area (Å²) in [5.74, 6) is 0.456. The molecule has 0 amide bonds. The van der Waals surface area contributed by atoms with E-state index in [1.165, 1.54) is 25.3 Å². The highest BCUT2D eigenvalue weighted by molar-refractivity contribution is 5.79. The summed E-state index contributed by atoms with van der Waals surface area (Å²) < 4.78 is 0. The van der Waals surface area contributed by atoms with E-state index in [0.29, 0.717) is 17.9 Å². The third-order valence-electron chi connectivity index (χ3n) is 3.21. The standard InChI is InChI=1S/C12H21NO2/c1-9(2)10-5-3-4-6-11(10)13-8-7-12(14)15/h7-11,13H,3-6H2,1-2H3,(H,14,15)/b8-7+. The van der Waals surface area contributed by atoms with Crippen molar-refractivity contribution in [3.05, 3.63) is 12.3 Å². The molecule has 0 aromatic rings. The van der Waals surface area contributed by atoms with Crippen LogP contribution in [0, 0.1) is 11.8 Å². The monoisotopic (exact) mass is 211 g/mol. The number of nitrogens with one attached hydrogen (secondary N) is 1. The lowest BCUT2D eigenvalue weighted by atomic mass is 9.78. The van der Waals surface area contributed by atoms with Crippen LogP contribution in [0.4, 0.5) is 0 Å². The van der Waals surface area contributed by atoms with Gasteiger partial charge in [0.15, 0.2) is 0 Å². The number of carboxylic acid groups (broad SMARTS) is 1. The first-order chi connectivity index (χ1) is 7.11. The molecule has 3 heteroatoms. The van der Waals surface area contributed by atoms with Crippen molar-refractivity contribution in [1.82, 2.24) is 5.32 Å². The molecule has 2 atom stereocenters. The van der Waals surface area contributed by atoms with E-state index < -0.39 is 5.97 Å². The number of carbonyl (C=O) groups is 1. The zero-order valence-electron chi connectivity index (χ0n) is 9.57. The number of rotatable bonds is 4. The average Bonchev–Trinajstić information content (AvgIpc) is 2.17. The smallest absolute Gasteiger partial charge is 0.329 e. The second kappa shape index (κ2) is 5.79. The normalized spacial score (nSPS) is 27.1. The second-order valence-electron chi connectivity index (χ2n) is 4.64. The predicted molar refractivity (Wildman–Crippen MR) is 60.5 cm³/mol. The van der Waals surface area contributed by atoms with Crippen LogP contribution in [0.15, 0.2) is 12.3 Å². The van der Waals surface area contributed by atoms with E-state index in [0.717, 1.165) is 6.42 Å². The van der Waals surface area contributed by atoms with E-state index in [-0.39, 0.29) is 0 Å². The first-order valence-electron chi connectivity index (χ1n) is 5.76. The van der Waals surface area contributed by atoms with Gasteiger partial charge in [-0.15, -0.1) is 0 Å². The molecule has 1 fully saturated rings. The quantitative estimate of drug-likeness (QED) is 0.702. The van der Waals surface area contributed by atoms with Gasteiger partial charge in [0.1, 0.15) is 0 Å². The minimum atomic E-state index is -0.889. The Labute approximate surface area is 91.6 Å². The maximum Gasteiger partial charge on any atom is 0.329 e. The lowest BCUT2D eigenvalue weighted by Crippen LogP contribution is -2.38. The zero-order valence-corrected chi connectivity index (χ0v) is 9.57. The Morgan fingerprint density at radius 3 is 2.67 bits per heavy atom. The molecule has 2 N–H and O–H groups in total. The third-order valence-corrected chi connectivity index (χ3v) is 3.21. The third kappa shape index (κ3) is 3.94. The second-order valence-corrected chi connectivity index (χ2v) is 4.64. The van der Waals surface area contributed by atoms with Crippen molar-refractivity contribution in [2.24, 2.45) is 11.8 Å². The highest BCUT2D eigenvalue weighted by atomic mass is 16.4. The summed E-state index contributed by atoms with van der Waals surface area (Å²) in [6.45, 7) is 4.48. The Morgan fingerprint density at radius 1 is 1.40 bits per heavy atom. The lowest BCUT2D eigenvalue weighted by Gasteiger charge is -2.34. The zero-order chi connectivity index (χ0) is 11.3. The van der Waals surface area contributed by atoms with Crippen molar-refractivity contribution in [3.63, 3.8) is 0 Å². The first kappa shape index (κ1) is 12.1. The Morgan fingerprint density at radius 2 is 2.07 bits per heavy atom. The first-order valence-corrected chi connectivity index (χ1v) is 5.76. The van der Waals surface area contributed by atoms with Gasteiger partial charge in [-0.05, 0) is 24.7 Å². The number of aliphatic carboxylic acids is 1. The summed E-state index contributed by atoms with van der Waals surface area (Å²) in [6.07, 6.45) is 7.73. The Bertz CT molecular complexity index is 236. The lowest BCUT2D eigenvalue weighted by molar-refractivity contribution is -0.131. The molecule has 1 saturated carbocycles. The van der Waals surface area contributed by atoms with Crippen molar-refractivity contribution < 1.29 is 9.90 Å². The van der Waals surface area contributed by atoms with Crippen LogP contribution >= 0.6 is 0 Å². The molecule has 0 aromatic heterocycles. The number of carboxylic acids is 1. The molecule has 0 radical (unpaired) electrons. The van der Waals surface area contributed by atoms with E-state index in [2.05, 4.69) is 19.2 Å². The topological polar surface area (TPSA) is 49.3 Å². The van der Waals surface area contributed by atoms with Gasteiger partial charge in [-0.3, -0.25) is 0 Å². The molecule has 0 saturated heterocycles. The number of hydrogen-bond acceptors (Lipinski definition) is 2. The largest absolute Gasteiger partial charge is 0.478 e. The molecule has 1 rings (SSSR count). The SMILES string of the molecule is CC(C)C1CCCCC1N/C=C/C(=O)O. The highest BCUT2D eigenvalue weighted by Gasteiger charge is 2.26. The molecule has 0 heterocycles. The van der Waals surface area contributed by atoms with Gasteiger partial charge in [-0.1, -0.05) is 26.7 Å². The Hall–Kier alpha value is -0.990. The van der Waals surface area contributed by atoms with Crippen molar-refractivity contribution in [3.8, 4) is 0 Å². The fourth-order valence-electron chi connectivity index (χ4n) is 2.41. The summed E-state index contributed by atoms with van der Waals surface area (Å²) in [4.78, 5) is 10.3. The molecule has 3 nitrogen and oxygen atoms in total. The molecule has 15 heavy (non-hydrogen) atoms. The molecular formula is C12H21NO2. The van der Waals surface area contributed by atoms with Crippen molar-refractivity contribution in [1.29, 1.82) is 0 Å². The molecule has 0 aliphatic heterocycles. The maximum atomic E-state index is 10.3. The van der Waals surface area contributed by atoms with Crippen LogP contribution < -0.4 is 5.32 Å². The van der Waals surface area contributed by atoms with Crippen LogP contribution in [0.1, 0.15) is 39.5 Å². The minimum absolute atomic E-state index is 0.453. The van der Waals surface area contributed by atoms with Crippen LogP contribution in [0.3, 0.4) is 0 Å². The van der Waals surface area contributed by atoms with E-state index in [1.807, 2.05) is 0 Å². The Kier molecular flexibility index (Phi) is 4.66. The summed E-state index contributed by atoms with van der Waals surface area (Å²) in [6, 6.07) is 0.453. The van der Waals surface area contributed by atoms with E-state index in [9.17, 15) is 4.79 Å². The van der Waals surface area contributed by atoms with Crippen LogP contribution in [0.25, 0.3) is 0 Å². The van der Waals surface area contributed by atoms with Crippen LogP contribution in [0.2, 0.25) is 0 Å². The predicted octanol–water partition coefficient (Wildman–Crippen LogP) is 2.39. The van der Waals surface area contributed by atoms with E-state index in [1.54, 1.807) is 6.20 Å². The summed E-state index contributed by atoms with van der Waals surface area (Å²) in [5.41, 5.74) is 0. The van der Waals surface area contributed by atoms with Gasteiger partial charge in [-0.2, -0.15) is 0 Å². The van der Waals surface area contributed by atoms with Crippen molar-refractivity contribution in [2.75, 3.05) is 0 Å². The van der Waals surface area contributed by atoms with E-state index >= 15 is 0 Å². The van der Waals surface area contributed by atoms with Gasteiger partial charge in [0.05, 0.1) is 0 Å². The minimum Gasteiger partial charge on any atom is -0.478 e. The maximum absolute atomic E-state index is 10.3. The molecule has 0 bridgehead atoms. The average molecular weight is 211 g/mol. The van der Waals surface area contributed by atoms with Crippen LogP contribution in [-0.4, -0.2) is 17.1 Å². The van der Waals surface area contributed by atoms with Crippen molar-refractivity contribution >= 4 is 5.97 Å². The summed E-state index contributed by atoms with van der Waals surface area (Å²) in [5, 5.41) is 11.7. The molecule has 0 spiro atoms. The van der Waals surface area contributed by atoms with Crippen molar-refractivity contribution in [2.45, 2.75) is 45.6 Å². The van der Waals surface area contributed by atoms with Gasteiger partial charge in [0.2, 0.25) is 0 Å². The molecule has 86 valence electrons. The van der Waals surface area contributed by atoms with Crippen LogP contribution in [-0.2, 0) is 4.79 Å². The van der Waals surface area contributed by atoms with Crippen LogP contribution in [0.5, 0.6) is 0 Å². The molecule has 2 unspecified atom stereocenters. The van der Waals surface area contributed by atoms with Gasteiger partial charge in [-0.25, -0.2) is 4.79 Å². The fourth-order valence-corrected chi connectivity index (χ4v) is 2.41. The summed E-state index contributed by atoms with van der Waals surface area (Å²) >= 11 is 0. The Balaban J connectivity index is 2.46. The molecule has 0 aromatic carbocycles. The van der Waals surface area contributed by atoms with Gasteiger partial charge < -0.3 is 10.4 Å². The molecular weight excluding hydrogens is 190 g/mol. The molecule has 1 aliphatic carbocycles. The fraction of sp³-hybridized carbons (Fsp3) is 0.750.